The van der Waals surface area contributed by atoms with Gasteiger partial charge in [0.1, 0.15) is 0 Å². The zero-order valence-electron chi connectivity index (χ0n) is 19.7. The topological polar surface area (TPSA) is 149 Å². The number of nitrogens with zero attached hydrogens (tertiary/aromatic N) is 2. The number of anilines is 2. The van der Waals surface area contributed by atoms with Crippen LogP contribution in [0.2, 0.25) is 0 Å². The van der Waals surface area contributed by atoms with Crippen molar-refractivity contribution in [2.75, 3.05) is 5.32 Å². The molecule has 1 fully saturated rings. The Morgan fingerprint density at radius 1 is 1.11 bits per heavy atom. The van der Waals surface area contributed by atoms with E-state index in [2.05, 4.69) is 20.7 Å². The lowest BCUT2D eigenvalue weighted by atomic mass is 9.92. The first-order chi connectivity index (χ1) is 17.4. The molecule has 2 aromatic carbocycles. The van der Waals surface area contributed by atoms with E-state index in [9.17, 15) is 27.9 Å². The number of aryl methyl sites for hydroxylation is 1. The molecule has 4 rings (SSSR count). The summed E-state index contributed by atoms with van der Waals surface area (Å²) in [5, 5.41) is 27.4. The minimum atomic E-state index is -5.08. The Morgan fingerprint density at radius 2 is 1.76 bits per heavy atom. The number of aliphatic hydroxyl groups excluding tert-OH is 1. The lowest BCUT2D eigenvalue weighted by Crippen LogP contribution is -2.45. The standard InChI is InChI=1S/C22H25N5O3.C2HF3O2/c1-14-5-4-6-17(13-14)27-22(30)25-21(26-27)23-16-11-9-15(10-12-16)20(29)24-18-7-2-3-8-19(18)28;3-2(4,5)1(6)7/h4-6,9-13,18-19,28H,2-3,7-8H2,1H3,(H,24,29)(H2,23,25,26,30);(H,6,7)/t18-,19-;/m0./s1. The van der Waals surface area contributed by atoms with Gasteiger partial charge in [-0.1, -0.05) is 25.0 Å². The van der Waals surface area contributed by atoms with Gasteiger partial charge in [0.2, 0.25) is 5.95 Å². The summed E-state index contributed by atoms with van der Waals surface area (Å²) in [7, 11) is 0. The number of aliphatic hydroxyl groups is 1. The van der Waals surface area contributed by atoms with Crippen LogP contribution in [0.3, 0.4) is 0 Å². The summed E-state index contributed by atoms with van der Waals surface area (Å²) in [5.41, 5.74) is 2.57. The smallest absolute Gasteiger partial charge is 0.475 e. The van der Waals surface area contributed by atoms with Crippen LogP contribution < -0.4 is 16.3 Å². The van der Waals surface area contributed by atoms with Crippen molar-refractivity contribution in [1.82, 2.24) is 20.1 Å². The molecular formula is C24H26F3N5O5. The molecule has 1 aliphatic rings. The molecule has 1 saturated carbocycles. The van der Waals surface area contributed by atoms with Crippen LogP contribution in [0, 0.1) is 6.92 Å². The largest absolute Gasteiger partial charge is 0.490 e. The third-order valence-electron chi connectivity index (χ3n) is 5.56. The number of nitrogens with one attached hydrogen (secondary N) is 3. The van der Waals surface area contributed by atoms with Crippen LogP contribution in [-0.2, 0) is 4.79 Å². The lowest BCUT2D eigenvalue weighted by Gasteiger charge is -2.28. The highest BCUT2D eigenvalue weighted by Gasteiger charge is 2.38. The van der Waals surface area contributed by atoms with Gasteiger partial charge in [0, 0.05) is 11.3 Å². The van der Waals surface area contributed by atoms with Crippen molar-refractivity contribution in [3.05, 3.63) is 70.1 Å². The molecule has 13 heteroatoms. The number of rotatable bonds is 5. The number of aromatic amines is 1. The van der Waals surface area contributed by atoms with Crippen molar-refractivity contribution in [3.63, 3.8) is 0 Å². The zero-order chi connectivity index (χ0) is 27.2. The van der Waals surface area contributed by atoms with Crippen LogP contribution in [0.15, 0.2) is 53.3 Å². The average Bonchev–Trinajstić information content (AvgIpc) is 3.20. The normalized spacial score (nSPS) is 17.3. The second-order valence-electron chi connectivity index (χ2n) is 8.47. The van der Waals surface area contributed by atoms with E-state index in [-0.39, 0.29) is 17.6 Å². The first kappa shape index (κ1) is 27.5. The minimum absolute atomic E-state index is 0.195. The Labute approximate surface area is 209 Å². The van der Waals surface area contributed by atoms with Gasteiger partial charge < -0.3 is 20.8 Å². The molecule has 10 nitrogen and oxygen atoms in total. The Morgan fingerprint density at radius 3 is 2.35 bits per heavy atom. The molecule has 37 heavy (non-hydrogen) atoms. The number of aliphatic carboxylic acids is 1. The number of carbonyl (C=O) groups excluding carboxylic acids is 1. The van der Waals surface area contributed by atoms with Crippen LogP contribution in [0.5, 0.6) is 0 Å². The Hall–Kier alpha value is -4.13. The van der Waals surface area contributed by atoms with E-state index in [4.69, 9.17) is 9.90 Å². The van der Waals surface area contributed by atoms with E-state index < -0.39 is 18.2 Å². The molecule has 1 amide bonds. The van der Waals surface area contributed by atoms with E-state index >= 15 is 0 Å². The Bertz CT molecular complexity index is 1290. The number of carboxylic acid groups (broad SMARTS) is 1. The van der Waals surface area contributed by atoms with Crippen molar-refractivity contribution in [3.8, 4) is 5.69 Å². The van der Waals surface area contributed by atoms with Crippen LogP contribution >= 0.6 is 0 Å². The summed E-state index contributed by atoms with van der Waals surface area (Å²) in [6, 6.07) is 14.2. The van der Waals surface area contributed by atoms with Crippen LogP contribution in [0.4, 0.5) is 24.8 Å². The summed E-state index contributed by atoms with van der Waals surface area (Å²) in [6.07, 6.45) is -2.04. The SMILES string of the molecule is Cc1cccc(-n2nc(Nc3ccc(C(=O)N[C@H]4CCCC[C@@H]4O)cc3)[nH]c2=O)c1.O=C(O)C(F)(F)F. The Kier molecular flexibility index (Phi) is 8.71. The monoisotopic (exact) mass is 521 g/mol. The number of amides is 1. The number of hydrogen-bond acceptors (Lipinski definition) is 6. The van der Waals surface area contributed by atoms with Crippen molar-refractivity contribution in [2.24, 2.45) is 0 Å². The summed E-state index contributed by atoms with van der Waals surface area (Å²) >= 11 is 0. The van der Waals surface area contributed by atoms with E-state index in [0.717, 1.165) is 31.2 Å². The van der Waals surface area contributed by atoms with Crippen LogP contribution in [0.25, 0.3) is 5.69 Å². The molecule has 2 atom stereocenters. The molecule has 5 N–H and O–H groups in total. The third kappa shape index (κ3) is 7.67. The van der Waals surface area contributed by atoms with Gasteiger partial charge in [-0.3, -0.25) is 9.78 Å². The maximum atomic E-state index is 12.5. The van der Waals surface area contributed by atoms with E-state index in [0.29, 0.717) is 22.9 Å². The quantitative estimate of drug-likeness (QED) is 0.346. The van der Waals surface area contributed by atoms with Crippen molar-refractivity contribution >= 4 is 23.5 Å². The summed E-state index contributed by atoms with van der Waals surface area (Å²) < 4.78 is 33.0. The van der Waals surface area contributed by atoms with Gasteiger partial charge in [-0.15, -0.1) is 5.10 Å². The molecule has 1 heterocycles. The summed E-state index contributed by atoms with van der Waals surface area (Å²) in [4.78, 5) is 36.3. The number of benzene rings is 2. The Balaban J connectivity index is 0.000000479. The maximum absolute atomic E-state index is 12.5. The lowest BCUT2D eigenvalue weighted by molar-refractivity contribution is -0.192. The molecule has 0 bridgehead atoms. The van der Waals surface area contributed by atoms with Gasteiger partial charge in [-0.25, -0.2) is 9.59 Å². The third-order valence-corrected chi connectivity index (χ3v) is 5.56. The highest BCUT2D eigenvalue weighted by molar-refractivity contribution is 5.94. The van der Waals surface area contributed by atoms with Gasteiger partial charge in [-0.05, 0) is 61.7 Å². The maximum Gasteiger partial charge on any atom is 0.490 e. The van der Waals surface area contributed by atoms with Crippen molar-refractivity contribution in [2.45, 2.75) is 50.9 Å². The second kappa shape index (κ2) is 11.7. The fourth-order valence-corrected chi connectivity index (χ4v) is 3.69. The number of hydrogen-bond donors (Lipinski definition) is 5. The number of halogens is 3. The highest BCUT2D eigenvalue weighted by atomic mass is 19.4. The zero-order valence-corrected chi connectivity index (χ0v) is 19.7. The van der Waals surface area contributed by atoms with Gasteiger partial charge in [0.15, 0.2) is 0 Å². The molecule has 0 saturated heterocycles. The van der Waals surface area contributed by atoms with Crippen molar-refractivity contribution < 1.29 is 33.0 Å². The molecule has 198 valence electrons. The van der Waals surface area contributed by atoms with Crippen LogP contribution in [0.1, 0.15) is 41.6 Å². The number of aromatic nitrogens is 3. The molecular weight excluding hydrogens is 495 g/mol. The highest BCUT2D eigenvalue weighted by Crippen LogP contribution is 2.20. The predicted octanol–water partition coefficient (Wildman–Crippen LogP) is 3.28. The second-order valence-corrected chi connectivity index (χ2v) is 8.47. The predicted molar refractivity (Wildman–Crippen MR) is 128 cm³/mol. The summed E-state index contributed by atoms with van der Waals surface area (Å²) in [6.45, 7) is 1.95. The minimum Gasteiger partial charge on any atom is -0.475 e. The average molecular weight is 521 g/mol. The molecule has 1 aliphatic carbocycles. The van der Waals surface area contributed by atoms with E-state index in [1.807, 2.05) is 31.2 Å². The molecule has 0 aliphatic heterocycles. The fourth-order valence-electron chi connectivity index (χ4n) is 3.69. The molecule has 0 spiro atoms. The van der Waals surface area contributed by atoms with Gasteiger partial charge >= 0.3 is 17.8 Å². The number of alkyl halides is 3. The van der Waals surface area contributed by atoms with E-state index in [1.54, 1.807) is 24.3 Å². The molecule has 0 radical (unpaired) electrons. The van der Waals surface area contributed by atoms with E-state index in [1.165, 1.54) is 4.68 Å². The number of H-pyrrole nitrogens is 1. The van der Waals surface area contributed by atoms with Crippen molar-refractivity contribution in [1.29, 1.82) is 0 Å². The number of carboxylic acids is 1. The molecule has 1 aromatic heterocycles. The first-order valence-corrected chi connectivity index (χ1v) is 11.4. The molecule has 3 aromatic rings. The molecule has 0 unspecified atom stereocenters. The van der Waals surface area contributed by atoms with Gasteiger partial charge in [0.05, 0.1) is 17.8 Å². The van der Waals surface area contributed by atoms with Gasteiger partial charge in [0.25, 0.3) is 5.91 Å². The number of carbonyl (C=O) groups is 2. The van der Waals surface area contributed by atoms with Gasteiger partial charge in [-0.2, -0.15) is 17.9 Å². The fraction of sp³-hybridized carbons (Fsp3) is 0.333. The first-order valence-electron chi connectivity index (χ1n) is 11.4. The summed E-state index contributed by atoms with van der Waals surface area (Å²) in [5.74, 6) is -2.65. The van der Waals surface area contributed by atoms with Crippen LogP contribution in [-0.4, -0.2) is 55.2 Å².